The molecule has 1 aromatic heterocycles. The summed E-state index contributed by atoms with van der Waals surface area (Å²) < 4.78 is 1.76. The van der Waals surface area contributed by atoms with Crippen molar-refractivity contribution in [3.63, 3.8) is 0 Å². The maximum atomic E-state index is 12.7. The zero-order chi connectivity index (χ0) is 16.3. The second kappa shape index (κ2) is 7.17. The van der Waals surface area contributed by atoms with E-state index in [1.54, 1.807) is 32.3 Å². The van der Waals surface area contributed by atoms with Crippen LogP contribution in [0.15, 0.2) is 12.3 Å². The summed E-state index contributed by atoms with van der Waals surface area (Å²) in [6.07, 6.45) is 1.81. The van der Waals surface area contributed by atoms with E-state index in [9.17, 15) is 9.59 Å². The largest absolute Gasteiger partial charge is 0.341 e. The fraction of sp³-hybridized carbons (Fsp3) is 0.667. The molecule has 0 radical (unpaired) electrons. The first-order valence-corrected chi connectivity index (χ1v) is 8.87. The van der Waals surface area contributed by atoms with Gasteiger partial charge in [0, 0.05) is 31.1 Å². The van der Waals surface area contributed by atoms with Gasteiger partial charge in [-0.1, -0.05) is 0 Å². The van der Waals surface area contributed by atoms with Crippen LogP contribution >= 0.6 is 11.8 Å². The first-order valence-electron chi connectivity index (χ1n) is 7.72. The molecule has 0 saturated carbocycles. The van der Waals surface area contributed by atoms with Gasteiger partial charge in [-0.05, 0) is 33.8 Å². The van der Waals surface area contributed by atoms with Crippen LogP contribution in [0.25, 0.3) is 0 Å². The molecule has 7 heteroatoms. The standard InChI is InChI=1S/C15H24N4O2S/c1-5-17(6-2)15(21)13-9-22-10-18(13)14(20)12-7-8-19(16-12)11(3)4/h7-8,11,13H,5-6,9-10H2,1-4H3/t13-/m0/s1. The monoisotopic (exact) mass is 324 g/mol. The van der Waals surface area contributed by atoms with Crippen LogP contribution in [-0.2, 0) is 4.79 Å². The van der Waals surface area contributed by atoms with Gasteiger partial charge in [0.05, 0.1) is 5.88 Å². The van der Waals surface area contributed by atoms with Crippen LogP contribution in [0.5, 0.6) is 0 Å². The SMILES string of the molecule is CCN(CC)C(=O)[C@@H]1CSCN1C(=O)c1ccn(C(C)C)n1. The summed E-state index contributed by atoms with van der Waals surface area (Å²) in [4.78, 5) is 28.7. The summed E-state index contributed by atoms with van der Waals surface area (Å²) in [7, 11) is 0. The van der Waals surface area contributed by atoms with Crippen molar-refractivity contribution in [1.29, 1.82) is 0 Å². The Morgan fingerprint density at radius 2 is 2.09 bits per heavy atom. The van der Waals surface area contributed by atoms with E-state index >= 15 is 0 Å². The minimum atomic E-state index is -0.374. The highest BCUT2D eigenvalue weighted by Crippen LogP contribution is 2.24. The van der Waals surface area contributed by atoms with Crippen molar-refractivity contribution in [2.75, 3.05) is 24.7 Å². The molecule has 0 spiro atoms. The number of likely N-dealkylation sites (N-methyl/N-ethyl adjacent to an activating group) is 1. The predicted octanol–water partition coefficient (Wildman–Crippen LogP) is 1.85. The number of aromatic nitrogens is 2. The number of hydrogen-bond donors (Lipinski definition) is 0. The van der Waals surface area contributed by atoms with Crippen molar-refractivity contribution < 1.29 is 9.59 Å². The van der Waals surface area contributed by atoms with Gasteiger partial charge in [-0.3, -0.25) is 14.3 Å². The highest BCUT2D eigenvalue weighted by Gasteiger charge is 2.37. The number of thioether (sulfide) groups is 1. The maximum Gasteiger partial charge on any atom is 0.275 e. The van der Waals surface area contributed by atoms with Crippen LogP contribution in [0, 0.1) is 0 Å². The van der Waals surface area contributed by atoms with Gasteiger partial charge in [0.2, 0.25) is 5.91 Å². The lowest BCUT2D eigenvalue weighted by Crippen LogP contribution is -2.49. The quantitative estimate of drug-likeness (QED) is 0.829. The van der Waals surface area contributed by atoms with E-state index in [4.69, 9.17) is 0 Å². The van der Waals surface area contributed by atoms with E-state index in [1.165, 1.54) is 0 Å². The van der Waals surface area contributed by atoms with E-state index < -0.39 is 0 Å². The molecule has 0 unspecified atom stereocenters. The Labute approximate surface area is 135 Å². The van der Waals surface area contributed by atoms with Crippen molar-refractivity contribution in [3.05, 3.63) is 18.0 Å². The molecule has 1 fully saturated rings. The van der Waals surface area contributed by atoms with Gasteiger partial charge in [-0.2, -0.15) is 5.10 Å². The van der Waals surface area contributed by atoms with Crippen LogP contribution in [0.1, 0.15) is 44.2 Å². The third-order valence-electron chi connectivity index (χ3n) is 3.86. The molecular formula is C15H24N4O2S. The molecule has 2 heterocycles. The minimum absolute atomic E-state index is 0.0339. The second-order valence-corrected chi connectivity index (χ2v) is 6.58. The van der Waals surface area contributed by atoms with Gasteiger partial charge in [0.25, 0.3) is 5.91 Å². The average Bonchev–Trinajstić information content (AvgIpc) is 3.17. The van der Waals surface area contributed by atoms with E-state index in [0.717, 1.165) is 0 Å². The molecular weight excluding hydrogens is 300 g/mol. The van der Waals surface area contributed by atoms with E-state index in [2.05, 4.69) is 5.10 Å². The number of rotatable bonds is 5. The van der Waals surface area contributed by atoms with E-state index in [1.807, 2.05) is 33.9 Å². The fourth-order valence-corrected chi connectivity index (χ4v) is 3.63. The van der Waals surface area contributed by atoms with Crippen LogP contribution in [-0.4, -0.2) is 62.2 Å². The van der Waals surface area contributed by atoms with Gasteiger partial charge < -0.3 is 9.80 Å². The molecule has 2 amide bonds. The van der Waals surface area contributed by atoms with Crippen LogP contribution in [0.3, 0.4) is 0 Å². The number of nitrogens with zero attached hydrogens (tertiary/aromatic N) is 4. The van der Waals surface area contributed by atoms with Crippen molar-refractivity contribution in [2.24, 2.45) is 0 Å². The second-order valence-electron chi connectivity index (χ2n) is 5.58. The summed E-state index contributed by atoms with van der Waals surface area (Å²) in [6.45, 7) is 9.28. The first-order chi connectivity index (χ1) is 10.5. The summed E-state index contributed by atoms with van der Waals surface area (Å²) in [5.74, 6) is 1.08. The van der Waals surface area contributed by atoms with Gasteiger partial charge in [0.1, 0.15) is 11.7 Å². The van der Waals surface area contributed by atoms with Crippen LogP contribution in [0.2, 0.25) is 0 Å². The Morgan fingerprint density at radius 3 is 2.64 bits per heavy atom. The van der Waals surface area contributed by atoms with Gasteiger partial charge >= 0.3 is 0 Å². The topological polar surface area (TPSA) is 58.4 Å². The molecule has 1 aliphatic heterocycles. The fourth-order valence-electron chi connectivity index (χ4n) is 2.48. The Bertz CT molecular complexity index is 539. The van der Waals surface area contributed by atoms with Crippen molar-refractivity contribution in [3.8, 4) is 0 Å². The Hall–Kier alpha value is -1.50. The molecule has 122 valence electrons. The van der Waals surface area contributed by atoms with Crippen LogP contribution in [0.4, 0.5) is 0 Å². The van der Waals surface area contributed by atoms with E-state index in [-0.39, 0.29) is 23.9 Å². The molecule has 6 nitrogen and oxygen atoms in total. The number of hydrogen-bond acceptors (Lipinski definition) is 4. The normalized spacial score (nSPS) is 18.0. The summed E-state index contributed by atoms with van der Waals surface area (Å²) in [6, 6.07) is 1.56. The highest BCUT2D eigenvalue weighted by atomic mass is 32.2. The molecule has 1 saturated heterocycles. The maximum absolute atomic E-state index is 12.7. The molecule has 1 aromatic rings. The zero-order valence-corrected chi connectivity index (χ0v) is 14.5. The number of carbonyl (C=O) groups is 2. The lowest BCUT2D eigenvalue weighted by molar-refractivity contribution is -0.134. The van der Waals surface area contributed by atoms with Gasteiger partial charge in [-0.25, -0.2) is 0 Å². The summed E-state index contributed by atoms with van der Waals surface area (Å²) in [5, 5.41) is 4.32. The highest BCUT2D eigenvalue weighted by molar-refractivity contribution is 7.99. The van der Waals surface area contributed by atoms with Crippen LogP contribution < -0.4 is 0 Å². The molecule has 0 bridgehead atoms. The van der Waals surface area contributed by atoms with Crippen molar-refractivity contribution in [2.45, 2.75) is 39.8 Å². The molecule has 0 aromatic carbocycles. The van der Waals surface area contributed by atoms with Crippen molar-refractivity contribution in [1.82, 2.24) is 19.6 Å². The molecule has 2 rings (SSSR count). The Balaban J connectivity index is 2.15. The first kappa shape index (κ1) is 16.9. The molecule has 0 aliphatic carbocycles. The molecule has 1 atom stereocenters. The number of amides is 2. The third-order valence-corrected chi connectivity index (χ3v) is 4.87. The molecule has 22 heavy (non-hydrogen) atoms. The van der Waals surface area contributed by atoms with Gasteiger partial charge in [0.15, 0.2) is 0 Å². The molecule has 1 aliphatic rings. The summed E-state index contributed by atoms with van der Waals surface area (Å²) in [5.41, 5.74) is 0.411. The van der Waals surface area contributed by atoms with Gasteiger partial charge in [-0.15, -0.1) is 11.8 Å². The lowest BCUT2D eigenvalue weighted by Gasteiger charge is -2.27. The smallest absolute Gasteiger partial charge is 0.275 e. The van der Waals surface area contributed by atoms with Crippen molar-refractivity contribution >= 4 is 23.6 Å². The lowest BCUT2D eigenvalue weighted by atomic mass is 10.2. The average molecular weight is 324 g/mol. The number of carbonyl (C=O) groups excluding carboxylic acids is 2. The minimum Gasteiger partial charge on any atom is -0.341 e. The Morgan fingerprint density at radius 1 is 1.41 bits per heavy atom. The third kappa shape index (κ3) is 3.29. The summed E-state index contributed by atoms with van der Waals surface area (Å²) >= 11 is 1.62. The predicted molar refractivity (Wildman–Crippen MR) is 87.8 cm³/mol. The Kier molecular flexibility index (Phi) is 5.50. The zero-order valence-electron chi connectivity index (χ0n) is 13.7. The molecule has 0 N–H and O–H groups in total. The van der Waals surface area contributed by atoms with E-state index in [0.29, 0.717) is 30.4 Å².